The molecule has 1 unspecified atom stereocenters. The predicted octanol–water partition coefficient (Wildman–Crippen LogP) is 4.15. The molecular formula is C20H17NO2. The van der Waals surface area contributed by atoms with Gasteiger partial charge in [0.2, 0.25) is 0 Å². The Labute approximate surface area is 134 Å². The van der Waals surface area contributed by atoms with Crippen LogP contribution in [0.15, 0.2) is 42.5 Å². The molecule has 114 valence electrons. The molecule has 1 aromatic heterocycles. The van der Waals surface area contributed by atoms with E-state index in [0.717, 1.165) is 47.7 Å². The van der Waals surface area contributed by atoms with Gasteiger partial charge >= 0.3 is 0 Å². The minimum Gasteiger partial charge on any atom is -0.493 e. The molecule has 0 saturated carbocycles. The Balaban J connectivity index is 1.73. The van der Waals surface area contributed by atoms with E-state index in [1.54, 1.807) is 0 Å². The van der Waals surface area contributed by atoms with Crippen molar-refractivity contribution < 1.29 is 9.47 Å². The number of hydrogen-bond acceptors (Lipinski definition) is 3. The topological polar surface area (TPSA) is 31.4 Å². The SMILES string of the molecule is Cc1nc2c3c(ccc4c3c1CCO4)OC(c1ccccc1)C2. The molecule has 3 heteroatoms. The van der Waals surface area contributed by atoms with Crippen LogP contribution in [0.5, 0.6) is 11.5 Å². The molecule has 1 atom stereocenters. The first kappa shape index (κ1) is 12.9. The summed E-state index contributed by atoms with van der Waals surface area (Å²) < 4.78 is 12.2. The molecule has 0 fully saturated rings. The highest BCUT2D eigenvalue weighted by Gasteiger charge is 2.29. The molecule has 0 aliphatic carbocycles. The number of hydrogen-bond donors (Lipinski definition) is 0. The highest BCUT2D eigenvalue weighted by Crippen LogP contribution is 2.45. The van der Waals surface area contributed by atoms with Crippen LogP contribution in [0.3, 0.4) is 0 Å². The van der Waals surface area contributed by atoms with E-state index in [1.807, 2.05) is 18.2 Å². The Morgan fingerprint density at radius 2 is 1.83 bits per heavy atom. The minimum atomic E-state index is 0.0272. The molecule has 3 heterocycles. The smallest absolute Gasteiger partial charge is 0.130 e. The summed E-state index contributed by atoms with van der Waals surface area (Å²) in [6.45, 7) is 2.84. The van der Waals surface area contributed by atoms with Crippen molar-refractivity contribution in [2.75, 3.05) is 6.61 Å². The minimum absolute atomic E-state index is 0.0272. The molecule has 2 aromatic carbocycles. The Hall–Kier alpha value is -2.55. The molecule has 3 nitrogen and oxygen atoms in total. The van der Waals surface area contributed by atoms with Crippen molar-refractivity contribution in [1.82, 2.24) is 4.98 Å². The van der Waals surface area contributed by atoms with E-state index in [2.05, 4.69) is 31.2 Å². The van der Waals surface area contributed by atoms with Gasteiger partial charge in [-0.05, 0) is 30.2 Å². The Morgan fingerprint density at radius 1 is 1.00 bits per heavy atom. The standard InChI is InChI=1S/C20H17NO2/c1-12-14-9-10-22-16-7-8-17-20(19(14)16)15(21-12)11-18(23-17)13-5-3-2-4-6-13/h2-8,18H,9-11H2,1H3. The van der Waals surface area contributed by atoms with Gasteiger partial charge in [-0.1, -0.05) is 30.3 Å². The van der Waals surface area contributed by atoms with Gasteiger partial charge in [0, 0.05) is 29.3 Å². The van der Waals surface area contributed by atoms with Crippen molar-refractivity contribution in [1.29, 1.82) is 0 Å². The summed E-state index contributed by atoms with van der Waals surface area (Å²) in [5.41, 5.74) is 4.77. The normalized spacial score (nSPS) is 18.4. The Bertz CT molecular complexity index is 918. The predicted molar refractivity (Wildman–Crippen MR) is 89.2 cm³/mol. The van der Waals surface area contributed by atoms with E-state index in [9.17, 15) is 0 Å². The highest BCUT2D eigenvalue weighted by atomic mass is 16.5. The number of aryl methyl sites for hydroxylation is 1. The Morgan fingerprint density at radius 3 is 2.70 bits per heavy atom. The third-order valence-corrected chi connectivity index (χ3v) is 4.89. The van der Waals surface area contributed by atoms with Crippen LogP contribution < -0.4 is 9.47 Å². The van der Waals surface area contributed by atoms with Crippen LogP contribution in [0.25, 0.3) is 10.8 Å². The van der Waals surface area contributed by atoms with Gasteiger partial charge in [-0.3, -0.25) is 4.98 Å². The molecule has 5 rings (SSSR count). The number of aromatic nitrogens is 1. The van der Waals surface area contributed by atoms with Crippen LogP contribution in [-0.4, -0.2) is 11.6 Å². The zero-order valence-electron chi connectivity index (χ0n) is 13.0. The van der Waals surface area contributed by atoms with Gasteiger partial charge in [0.15, 0.2) is 0 Å². The van der Waals surface area contributed by atoms with E-state index in [0.29, 0.717) is 0 Å². The van der Waals surface area contributed by atoms with Crippen LogP contribution >= 0.6 is 0 Å². The van der Waals surface area contributed by atoms with Gasteiger partial charge in [0.25, 0.3) is 0 Å². The van der Waals surface area contributed by atoms with Crippen molar-refractivity contribution in [3.05, 3.63) is 65.0 Å². The van der Waals surface area contributed by atoms with E-state index in [4.69, 9.17) is 14.5 Å². The maximum absolute atomic E-state index is 6.31. The molecular weight excluding hydrogens is 286 g/mol. The molecule has 2 aliphatic rings. The molecule has 3 aromatic rings. The number of ether oxygens (including phenoxy) is 2. The van der Waals surface area contributed by atoms with Crippen LogP contribution in [0.2, 0.25) is 0 Å². The summed E-state index contributed by atoms with van der Waals surface area (Å²) in [6.07, 6.45) is 1.76. The van der Waals surface area contributed by atoms with Crippen molar-refractivity contribution in [2.24, 2.45) is 0 Å². The average Bonchev–Trinajstić information content (AvgIpc) is 2.61. The summed E-state index contributed by atoms with van der Waals surface area (Å²) in [6, 6.07) is 14.5. The van der Waals surface area contributed by atoms with Crippen LogP contribution in [0, 0.1) is 6.92 Å². The lowest BCUT2D eigenvalue weighted by molar-refractivity contribution is 0.200. The van der Waals surface area contributed by atoms with Crippen molar-refractivity contribution >= 4 is 10.8 Å². The summed E-state index contributed by atoms with van der Waals surface area (Å²) in [7, 11) is 0. The average molecular weight is 303 g/mol. The van der Waals surface area contributed by atoms with Gasteiger partial charge < -0.3 is 9.47 Å². The Kier molecular flexibility index (Phi) is 2.66. The van der Waals surface area contributed by atoms with Gasteiger partial charge in [-0.25, -0.2) is 0 Å². The second kappa shape index (κ2) is 4.72. The van der Waals surface area contributed by atoms with E-state index in [1.165, 1.54) is 16.5 Å². The first-order valence-corrected chi connectivity index (χ1v) is 8.11. The second-order valence-corrected chi connectivity index (χ2v) is 6.25. The summed E-state index contributed by atoms with van der Waals surface area (Å²) in [5.74, 6) is 1.90. The van der Waals surface area contributed by atoms with E-state index in [-0.39, 0.29) is 6.10 Å². The third kappa shape index (κ3) is 1.86. The first-order chi connectivity index (χ1) is 11.3. The molecule has 0 radical (unpaired) electrons. The molecule has 0 N–H and O–H groups in total. The third-order valence-electron chi connectivity index (χ3n) is 4.89. The van der Waals surface area contributed by atoms with Crippen molar-refractivity contribution in [3.63, 3.8) is 0 Å². The van der Waals surface area contributed by atoms with Gasteiger partial charge in [-0.15, -0.1) is 0 Å². The maximum atomic E-state index is 6.31. The second-order valence-electron chi connectivity index (χ2n) is 6.25. The summed E-state index contributed by atoms with van der Waals surface area (Å²) in [5, 5.41) is 2.36. The maximum Gasteiger partial charge on any atom is 0.130 e. The van der Waals surface area contributed by atoms with Crippen LogP contribution in [0.4, 0.5) is 0 Å². The van der Waals surface area contributed by atoms with Crippen LogP contribution in [0.1, 0.15) is 28.6 Å². The van der Waals surface area contributed by atoms with Gasteiger partial charge in [-0.2, -0.15) is 0 Å². The lowest BCUT2D eigenvalue weighted by Gasteiger charge is -2.30. The molecule has 0 saturated heterocycles. The largest absolute Gasteiger partial charge is 0.493 e. The lowest BCUT2D eigenvalue weighted by atomic mass is 9.92. The number of pyridine rings is 1. The summed E-state index contributed by atoms with van der Waals surface area (Å²) >= 11 is 0. The molecule has 0 spiro atoms. The molecule has 0 amide bonds. The zero-order chi connectivity index (χ0) is 15.4. The van der Waals surface area contributed by atoms with Crippen LogP contribution in [-0.2, 0) is 12.8 Å². The quantitative estimate of drug-likeness (QED) is 0.676. The van der Waals surface area contributed by atoms with Crippen molar-refractivity contribution in [2.45, 2.75) is 25.9 Å². The number of rotatable bonds is 1. The fourth-order valence-electron chi connectivity index (χ4n) is 3.82. The first-order valence-electron chi connectivity index (χ1n) is 8.11. The van der Waals surface area contributed by atoms with Gasteiger partial charge in [0.05, 0.1) is 12.3 Å². The molecule has 23 heavy (non-hydrogen) atoms. The highest BCUT2D eigenvalue weighted by molar-refractivity contribution is 5.98. The number of nitrogens with zero attached hydrogens (tertiary/aromatic N) is 1. The monoisotopic (exact) mass is 303 g/mol. The van der Waals surface area contributed by atoms with E-state index >= 15 is 0 Å². The fraction of sp³-hybridized carbons (Fsp3) is 0.250. The van der Waals surface area contributed by atoms with Gasteiger partial charge in [0.1, 0.15) is 17.6 Å². The number of benzene rings is 2. The van der Waals surface area contributed by atoms with E-state index < -0.39 is 0 Å². The zero-order valence-corrected chi connectivity index (χ0v) is 13.0. The molecule has 0 bridgehead atoms. The fourth-order valence-corrected chi connectivity index (χ4v) is 3.82. The molecule has 2 aliphatic heterocycles. The lowest BCUT2D eigenvalue weighted by Crippen LogP contribution is -2.20. The summed E-state index contributed by atoms with van der Waals surface area (Å²) in [4.78, 5) is 4.92. The van der Waals surface area contributed by atoms with Crippen molar-refractivity contribution in [3.8, 4) is 11.5 Å².